The van der Waals surface area contributed by atoms with Crippen molar-refractivity contribution in [1.29, 1.82) is 0 Å². The van der Waals surface area contributed by atoms with Gasteiger partial charge in [0.1, 0.15) is 6.73 Å². The molecule has 0 spiro atoms. The van der Waals surface area contributed by atoms with E-state index in [0.717, 1.165) is 0 Å². The second-order valence-electron chi connectivity index (χ2n) is 1.22. The molecule has 3 heteroatoms. The molecule has 2 nitrogen and oxygen atoms in total. The lowest BCUT2D eigenvalue weighted by Crippen LogP contribution is -2.05. The fraction of sp³-hybridized carbons (Fsp3) is 1.00. The van der Waals surface area contributed by atoms with Gasteiger partial charge in [0, 0.05) is 0 Å². The summed E-state index contributed by atoms with van der Waals surface area (Å²) in [4.78, 5) is 0. The number of ether oxygens (including phenoxy) is 1. The Kier molecular flexibility index (Phi) is 1.03. The molecule has 0 aromatic heterocycles. The highest BCUT2D eigenvalue weighted by Gasteiger charge is 2.07. The molecule has 36 valence electrons. The molecule has 1 aliphatic rings. The van der Waals surface area contributed by atoms with Gasteiger partial charge in [-0.05, 0) is 0 Å². The summed E-state index contributed by atoms with van der Waals surface area (Å²) in [6.07, 6.45) is 0. The summed E-state index contributed by atoms with van der Waals surface area (Å²) in [5, 5.41) is 0.639. The molecule has 1 rings (SSSR count). The summed E-state index contributed by atoms with van der Waals surface area (Å²) >= 11 is 0. The average Bonchev–Trinajstić information content (AvgIpc) is 1.86. The lowest BCUT2D eigenvalue weighted by atomic mass is 10.7. The largest absolute Gasteiger partial charge is 0.362 e. The average molecular weight is 91.1 g/mol. The molecule has 0 atom stereocenters. The predicted molar refractivity (Wildman–Crippen MR) is 18.6 cm³/mol. The molecule has 0 aliphatic carbocycles. The zero-order chi connectivity index (χ0) is 4.41. The summed E-state index contributed by atoms with van der Waals surface area (Å²) in [6, 6.07) is 0. The minimum absolute atomic E-state index is 0.153. The van der Waals surface area contributed by atoms with Crippen LogP contribution >= 0.6 is 0 Å². The lowest BCUT2D eigenvalue weighted by molar-refractivity contribution is 0.00341. The van der Waals surface area contributed by atoms with Crippen LogP contribution in [0.4, 0.5) is 4.48 Å². The van der Waals surface area contributed by atoms with E-state index in [9.17, 15) is 4.48 Å². The number of rotatable bonds is 0. The summed E-state index contributed by atoms with van der Waals surface area (Å²) in [5.41, 5.74) is 0. The van der Waals surface area contributed by atoms with Crippen LogP contribution in [0.1, 0.15) is 0 Å². The van der Waals surface area contributed by atoms with Crippen LogP contribution in [0.3, 0.4) is 0 Å². The molecule has 1 fully saturated rings. The summed E-state index contributed by atoms with van der Waals surface area (Å²) < 4.78 is 16.2. The van der Waals surface area contributed by atoms with Crippen LogP contribution in [0.15, 0.2) is 0 Å². The SMILES string of the molecule is FN1CCOC1. The molecule has 0 aromatic carbocycles. The minimum atomic E-state index is 0.153. The second kappa shape index (κ2) is 1.53. The first-order valence-electron chi connectivity index (χ1n) is 1.88. The van der Waals surface area contributed by atoms with Crippen molar-refractivity contribution in [3.63, 3.8) is 0 Å². The molecule has 1 heterocycles. The third-order valence-corrected chi connectivity index (χ3v) is 0.710. The zero-order valence-corrected chi connectivity index (χ0v) is 3.35. The van der Waals surface area contributed by atoms with Crippen LogP contribution in [-0.2, 0) is 4.74 Å². The van der Waals surface area contributed by atoms with Crippen LogP contribution in [0.2, 0.25) is 0 Å². The van der Waals surface area contributed by atoms with Crippen molar-refractivity contribution < 1.29 is 9.22 Å². The van der Waals surface area contributed by atoms with Crippen LogP contribution in [0.5, 0.6) is 0 Å². The number of halogens is 1. The maximum absolute atomic E-state index is 11.6. The molecule has 0 unspecified atom stereocenters. The van der Waals surface area contributed by atoms with Crippen LogP contribution in [0.25, 0.3) is 0 Å². The first-order valence-corrected chi connectivity index (χ1v) is 1.88. The van der Waals surface area contributed by atoms with E-state index in [-0.39, 0.29) is 6.73 Å². The van der Waals surface area contributed by atoms with Crippen molar-refractivity contribution in [3.05, 3.63) is 0 Å². The number of hydrogen-bond acceptors (Lipinski definition) is 2. The Morgan fingerprint density at radius 3 is 2.67 bits per heavy atom. The van der Waals surface area contributed by atoms with Gasteiger partial charge in [0.2, 0.25) is 0 Å². The standard InChI is InChI=1S/C3H6FNO/c4-5-1-2-6-3-5/h1-3H2. The van der Waals surface area contributed by atoms with E-state index >= 15 is 0 Å². The van der Waals surface area contributed by atoms with Gasteiger partial charge < -0.3 is 4.74 Å². The Labute approximate surface area is 35.4 Å². The van der Waals surface area contributed by atoms with E-state index < -0.39 is 0 Å². The van der Waals surface area contributed by atoms with Crippen molar-refractivity contribution in [2.75, 3.05) is 19.9 Å². The van der Waals surface area contributed by atoms with Crippen molar-refractivity contribution >= 4 is 0 Å². The second-order valence-corrected chi connectivity index (χ2v) is 1.22. The van der Waals surface area contributed by atoms with Crippen molar-refractivity contribution in [2.45, 2.75) is 0 Å². The quantitative estimate of drug-likeness (QED) is 0.394. The maximum atomic E-state index is 11.6. The molecular formula is C3H6FNO. The van der Waals surface area contributed by atoms with Gasteiger partial charge >= 0.3 is 0 Å². The van der Waals surface area contributed by atoms with Crippen LogP contribution < -0.4 is 0 Å². The Bertz CT molecular complexity index is 44.1. The van der Waals surface area contributed by atoms with Gasteiger partial charge in [-0.3, -0.25) is 0 Å². The predicted octanol–water partition coefficient (Wildman–Crippen LogP) is 0.161. The fourth-order valence-electron chi connectivity index (χ4n) is 0.392. The van der Waals surface area contributed by atoms with Gasteiger partial charge in [-0.25, -0.2) is 0 Å². The third-order valence-electron chi connectivity index (χ3n) is 0.710. The number of hydrogen-bond donors (Lipinski definition) is 0. The fourth-order valence-corrected chi connectivity index (χ4v) is 0.392. The van der Waals surface area contributed by atoms with E-state index in [1.807, 2.05) is 0 Å². The molecule has 0 saturated carbocycles. The Morgan fingerprint density at radius 2 is 2.50 bits per heavy atom. The molecule has 0 bridgehead atoms. The van der Waals surface area contributed by atoms with Gasteiger partial charge in [-0.15, -0.1) is 9.60 Å². The topological polar surface area (TPSA) is 12.5 Å². The van der Waals surface area contributed by atoms with Crippen LogP contribution in [-0.4, -0.2) is 25.0 Å². The molecule has 0 amide bonds. The maximum Gasteiger partial charge on any atom is 0.127 e. The molecular weight excluding hydrogens is 85.0 g/mol. The number of nitrogens with zero attached hydrogens (tertiary/aromatic N) is 1. The van der Waals surface area contributed by atoms with E-state index in [1.165, 1.54) is 0 Å². The summed E-state index contributed by atoms with van der Waals surface area (Å²) in [6.45, 7) is 1.12. The van der Waals surface area contributed by atoms with Gasteiger partial charge in [-0.1, -0.05) is 0 Å². The van der Waals surface area contributed by atoms with Gasteiger partial charge in [0.15, 0.2) is 0 Å². The summed E-state index contributed by atoms with van der Waals surface area (Å²) in [5.74, 6) is 0. The molecule has 0 aromatic rings. The Balaban J connectivity index is 2.18. The smallest absolute Gasteiger partial charge is 0.127 e. The lowest BCUT2D eigenvalue weighted by Gasteiger charge is -1.91. The van der Waals surface area contributed by atoms with Gasteiger partial charge in [0.25, 0.3) is 0 Å². The minimum Gasteiger partial charge on any atom is -0.362 e. The monoisotopic (exact) mass is 91.0 g/mol. The van der Waals surface area contributed by atoms with E-state index in [1.54, 1.807) is 0 Å². The van der Waals surface area contributed by atoms with Gasteiger partial charge in [-0.2, -0.15) is 0 Å². The van der Waals surface area contributed by atoms with Crippen molar-refractivity contribution in [1.82, 2.24) is 5.12 Å². The van der Waals surface area contributed by atoms with Crippen molar-refractivity contribution in [2.24, 2.45) is 0 Å². The first kappa shape index (κ1) is 4.02. The normalized spacial score (nSPS) is 25.5. The Morgan fingerprint density at radius 1 is 1.67 bits per heavy atom. The third kappa shape index (κ3) is 0.666. The molecule has 0 radical (unpaired) electrons. The summed E-state index contributed by atoms with van der Waals surface area (Å²) in [7, 11) is 0. The van der Waals surface area contributed by atoms with Crippen molar-refractivity contribution in [3.8, 4) is 0 Å². The first-order chi connectivity index (χ1) is 2.89. The highest BCUT2D eigenvalue weighted by Crippen LogP contribution is 1.96. The van der Waals surface area contributed by atoms with Crippen LogP contribution in [0, 0.1) is 0 Å². The van der Waals surface area contributed by atoms with E-state index in [0.29, 0.717) is 18.3 Å². The zero-order valence-electron chi connectivity index (χ0n) is 3.35. The molecule has 1 aliphatic heterocycles. The highest BCUT2D eigenvalue weighted by molar-refractivity contribution is 4.42. The van der Waals surface area contributed by atoms with E-state index in [2.05, 4.69) is 4.74 Å². The Hall–Kier alpha value is -0.150. The van der Waals surface area contributed by atoms with Gasteiger partial charge in [0.05, 0.1) is 13.2 Å². The molecule has 6 heavy (non-hydrogen) atoms. The molecule has 0 N–H and O–H groups in total. The van der Waals surface area contributed by atoms with E-state index in [4.69, 9.17) is 0 Å². The highest BCUT2D eigenvalue weighted by atomic mass is 19.2. The molecule has 1 saturated heterocycles.